The third-order valence-electron chi connectivity index (χ3n) is 3.30. The van der Waals surface area contributed by atoms with E-state index in [-0.39, 0.29) is 0 Å². The molecular weight excluding hydrogens is 202 g/mol. The van der Waals surface area contributed by atoms with Crippen LogP contribution in [-0.4, -0.2) is 29.1 Å². The zero-order valence-electron chi connectivity index (χ0n) is 9.52. The number of hydrogen-bond donors (Lipinski definition) is 1. The Labute approximate surface area is 95.7 Å². The maximum absolute atomic E-state index is 10.9. The van der Waals surface area contributed by atoms with Crippen LogP contribution in [-0.2, 0) is 0 Å². The first-order chi connectivity index (χ1) is 7.68. The monoisotopic (exact) mass is 219 g/mol. The number of carboxylic acid groups (broad SMARTS) is 1. The summed E-state index contributed by atoms with van der Waals surface area (Å²) >= 11 is 0. The number of aromatic carboxylic acids is 1. The van der Waals surface area contributed by atoms with Crippen molar-refractivity contribution >= 4 is 5.97 Å². The summed E-state index contributed by atoms with van der Waals surface area (Å²) in [5, 5.41) is 8.94. The van der Waals surface area contributed by atoms with E-state index in [4.69, 9.17) is 5.11 Å². The van der Waals surface area contributed by atoms with Gasteiger partial charge in [-0.1, -0.05) is 12.1 Å². The van der Waals surface area contributed by atoms with Crippen molar-refractivity contribution in [2.45, 2.75) is 25.8 Å². The highest BCUT2D eigenvalue weighted by Gasteiger charge is 2.19. The number of hydrogen-bond acceptors (Lipinski definition) is 2. The van der Waals surface area contributed by atoms with Crippen LogP contribution in [0.1, 0.15) is 41.7 Å². The number of carbonyl (C=O) groups is 1. The van der Waals surface area contributed by atoms with Crippen molar-refractivity contribution in [1.82, 2.24) is 4.90 Å². The molecule has 1 heterocycles. The molecule has 1 atom stereocenters. The Morgan fingerprint density at radius 1 is 1.38 bits per heavy atom. The molecule has 1 aromatic rings. The van der Waals surface area contributed by atoms with Crippen molar-refractivity contribution in [2.75, 3.05) is 13.1 Å². The van der Waals surface area contributed by atoms with E-state index in [2.05, 4.69) is 11.8 Å². The average Bonchev–Trinajstić information content (AvgIpc) is 2.81. The first-order valence-electron chi connectivity index (χ1n) is 5.76. The van der Waals surface area contributed by atoms with Gasteiger partial charge in [-0.3, -0.25) is 4.90 Å². The van der Waals surface area contributed by atoms with E-state index < -0.39 is 5.97 Å². The summed E-state index contributed by atoms with van der Waals surface area (Å²) in [4.78, 5) is 13.3. The van der Waals surface area contributed by atoms with Crippen LogP contribution in [0.3, 0.4) is 0 Å². The molecule has 1 aromatic carbocycles. The molecule has 1 N–H and O–H groups in total. The van der Waals surface area contributed by atoms with Gasteiger partial charge in [0.25, 0.3) is 0 Å². The SMILES string of the molecule is CC(c1cccc(C(=O)O)c1)N1CCCC1. The van der Waals surface area contributed by atoms with Gasteiger partial charge in [0, 0.05) is 6.04 Å². The summed E-state index contributed by atoms with van der Waals surface area (Å²) < 4.78 is 0. The number of nitrogens with zero attached hydrogens (tertiary/aromatic N) is 1. The number of likely N-dealkylation sites (tertiary alicyclic amines) is 1. The highest BCUT2D eigenvalue weighted by molar-refractivity contribution is 5.87. The Hall–Kier alpha value is -1.35. The Bertz CT molecular complexity index is 383. The van der Waals surface area contributed by atoms with E-state index >= 15 is 0 Å². The van der Waals surface area contributed by atoms with Crippen molar-refractivity contribution in [2.24, 2.45) is 0 Å². The van der Waals surface area contributed by atoms with Gasteiger partial charge < -0.3 is 5.11 Å². The summed E-state index contributed by atoms with van der Waals surface area (Å²) in [7, 11) is 0. The average molecular weight is 219 g/mol. The molecule has 0 bridgehead atoms. The van der Waals surface area contributed by atoms with Gasteiger partial charge in [-0.05, 0) is 50.6 Å². The van der Waals surface area contributed by atoms with E-state index in [0.717, 1.165) is 18.7 Å². The second kappa shape index (κ2) is 4.66. The summed E-state index contributed by atoms with van der Waals surface area (Å²) in [6.45, 7) is 4.39. The molecule has 3 heteroatoms. The molecule has 2 rings (SSSR count). The molecule has 1 unspecified atom stereocenters. The van der Waals surface area contributed by atoms with E-state index in [0.29, 0.717) is 11.6 Å². The van der Waals surface area contributed by atoms with Gasteiger partial charge in [0.15, 0.2) is 0 Å². The molecule has 1 aliphatic heterocycles. The van der Waals surface area contributed by atoms with E-state index in [9.17, 15) is 4.79 Å². The Morgan fingerprint density at radius 3 is 2.69 bits per heavy atom. The smallest absolute Gasteiger partial charge is 0.335 e. The molecule has 86 valence electrons. The molecule has 0 spiro atoms. The molecule has 1 saturated heterocycles. The van der Waals surface area contributed by atoms with E-state index in [1.54, 1.807) is 12.1 Å². The minimum absolute atomic E-state index is 0.321. The lowest BCUT2D eigenvalue weighted by Gasteiger charge is -2.24. The maximum atomic E-state index is 10.9. The summed E-state index contributed by atoms with van der Waals surface area (Å²) in [6, 6.07) is 7.58. The van der Waals surface area contributed by atoms with Crippen molar-refractivity contribution in [1.29, 1.82) is 0 Å². The summed E-state index contributed by atoms with van der Waals surface area (Å²) in [6.07, 6.45) is 2.51. The number of benzene rings is 1. The number of carboxylic acids is 1. The zero-order valence-corrected chi connectivity index (χ0v) is 9.52. The molecule has 0 aromatic heterocycles. The molecule has 3 nitrogen and oxygen atoms in total. The van der Waals surface area contributed by atoms with Crippen LogP contribution in [0.4, 0.5) is 0 Å². The first-order valence-corrected chi connectivity index (χ1v) is 5.76. The largest absolute Gasteiger partial charge is 0.478 e. The fourth-order valence-corrected chi connectivity index (χ4v) is 2.27. The van der Waals surface area contributed by atoms with Crippen molar-refractivity contribution in [3.05, 3.63) is 35.4 Å². The van der Waals surface area contributed by atoms with E-state index in [1.807, 2.05) is 12.1 Å². The van der Waals surface area contributed by atoms with Gasteiger partial charge in [0.2, 0.25) is 0 Å². The molecule has 0 saturated carbocycles. The predicted molar refractivity (Wildman–Crippen MR) is 62.6 cm³/mol. The van der Waals surface area contributed by atoms with E-state index in [1.165, 1.54) is 12.8 Å². The normalized spacial score (nSPS) is 18.6. The fourth-order valence-electron chi connectivity index (χ4n) is 2.27. The predicted octanol–water partition coefficient (Wildman–Crippen LogP) is 2.54. The second-order valence-corrected chi connectivity index (χ2v) is 4.35. The van der Waals surface area contributed by atoms with Crippen LogP contribution >= 0.6 is 0 Å². The van der Waals surface area contributed by atoms with Gasteiger partial charge in [-0.15, -0.1) is 0 Å². The summed E-state index contributed by atoms with van der Waals surface area (Å²) in [5.74, 6) is -0.851. The van der Waals surface area contributed by atoms with Gasteiger partial charge in [-0.25, -0.2) is 4.79 Å². The number of rotatable bonds is 3. The maximum Gasteiger partial charge on any atom is 0.335 e. The minimum Gasteiger partial charge on any atom is -0.478 e. The Morgan fingerprint density at radius 2 is 2.06 bits per heavy atom. The molecule has 16 heavy (non-hydrogen) atoms. The third kappa shape index (κ3) is 2.25. The van der Waals surface area contributed by atoms with Crippen molar-refractivity contribution < 1.29 is 9.90 Å². The molecule has 1 aliphatic rings. The highest BCUT2D eigenvalue weighted by Crippen LogP contribution is 2.24. The lowest BCUT2D eigenvalue weighted by molar-refractivity contribution is 0.0696. The Kier molecular flexibility index (Phi) is 3.25. The minimum atomic E-state index is -0.851. The first kappa shape index (κ1) is 11.1. The molecule has 0 radical (unpaired) electrons. The quantitative estimate of drug-likeness (QED) is 0.849. The van der Waals surface area contributed by atoms with Crippen LogP contribution in [0, 0.1) is 0 Å². The second-order valence-electron chi connectivity index (χ2n) is 4.35. The van der Waals surface area contributed by atoms with Crippen LogP contribution in [0.25, 0.3) is 0 Å². The molecule has 1 fully saturated rings. The van der Waals surface area contributed by atoms with Crippen LogP contribution < -0.4 is 0 Å². The van der Waals surface area contributed by atoms with Gasteiger partial charge in [-0.2, -0.15) is 0 Å². The topological polar surface area (TPSA) is 40.5 Å². The van der Waals surface area contributed by atoms with Crippen LogP contribution in [0.2, 0.25) is 0 Å². The highest BCUT2D eigenvalue weighted by atomic mass is 16.4. The van der Waals surface area contributed by atoms with Crippen molar-refractivity contribution in [3.63, 3.8) is 0 Å². The van der Waals surface area contributed by atoms with Gasteiger partial charge >= 0.3 is 5.97 Å². The van der Waals surface area contributed by atoms with Crippen molar-refractivity contribution in [3.8, 4) is 0 Å². The van der Waals surface area contributed by atoms with Crippen LogP contribution in [0.5, 0.6) is 0 Å². The molecular formula is C13H17NO2. The standard InChI is InChI=1S/C13H17NO2/c1-10(14-7-2-3-8-14)11-5-4-6-12(9-11)13(15)16/h4-6,9-10H,2-3,7-8H2,1H3,(H,15,16). The lowest BCUT2D eigenvalue weighted by Crippen LogP contribution is -2.23. The third-order valence-corrected chi connectivity index (χ3v) is 3.30. The Balaban J connectivity index is 2.18. The van der Waals surface area contributed by atoms with Gasteiger partial charge in [0.1, 0.15) is 0 Å². The molecule has 0 amide bonds. The summed E-state index contributed by atoms with van der Waals surface area (Å²) in [5.41, 5.74) is 1.48. The molecule has 0 aliphatic carbocycles. The zero-order chi connectivity index (χ0) is 11.5. The fraction of sp³-hybridized carbons (Fsp3) is 0.462. The van der Waals surface area contributed by atoms with Gasteiger partial charge in [0.05, 0.1) is 5.56 Å². The lowest BCUT2D eigenvalue weighted by atomic mass is 10.0. The van der Waals surface area contributed by atoms with Crippen LogP contribution in [0.15, 0.2) is 24.3 Å².